The van der Waals surface area contributed by atoms with E-state index in [0.29, 0.717) is 12.6 Å². The summed E-state index contributed by atoms with van der Waals surface area (Å²) in [6.07, 6.45) is 0.975. The Balaban J connectivity index is 1.82. The molecule has 0 fully saturated rings. The molecule has 0 aliphatic rings. The van der Waals surface area contributed by atoms with E-state index < -0.39 is 0 Å². The molecule has 2 nitrogen and oxygen atoms in total. The third-order valence-corrected chi connectivity index (χ3v) is 3.65. The monoisotopic (exact) mass is 303 g/mol. The van der Waals surface area contributed by atoms with Gasteiger partial charge in [0, 0.05) is 24.7 Å². The highest BCUT2D eigenvalue weighted by Crippen LogP contribution is 2.12. The Morgan fingerprint density at radius 1 is 1.05 bits per heavy atom. The largest absolute Gasteiger partial charge is 0.380 e. The number of hydrogen-bond donors (Lipinski definition) is 1. The van der Waals surface area contributed by atoms with Crippen LogP contribution in [0.15, 0.2) is 48.5 Å². The quantitative estimate of drug-likeness (QED) is 0.827. The second-order valence-corrected chi connectivity index (χ2v) is 5.80. The van der Waals surface area contributed by atoms with Gasteiger partial charge in [-0.3, -0.25) is 0 Å². The van der Waals surface area contributed by atoms with Crippen molar-refractivity contribution in [1.82, 2.24) is 5.32 Å². The van der Waals surface area contributed by atoms with Gasteiger partial charge in [-0.25, -0.2) is 0 Å². The molecule has 2 rings (SSSR count). The molecule has 0 bridgehead atoms. The number of benzene rings is 2. The highest BCUT2D eigenvalue weighted by molar-refractivity contribution is 6.30. The lowest BCUT2D eigenvalue weighted by molar-refractivity contribution is 0.185. The van der Waals surface area contributed by atoms with Crippen LogP contribution in [0.4, 0.5) is 0 Å². The average Bonchev–Trinajstić information content (AvgIpc) is 2.47. The molecule has 1 atom stereocenters. The van der Waals surface area contributed by atoms with Gasteiger partial charge in [0.05, 0.1) is 6.61 Å². The van der Waals surface area contributed by atoms with Crippen molar-refractivity contribution in [3.8, 4) is 0 Å². The number of nitrogens with one attached hydrogen (secondary N) is 1. The maximum absolute atomic E-state index is 6.01. The Labute approximate surface area is 132 Å². The minimum atomic E-state index is 0.405. The van der Waals surface area contributed by atoms with Crippen LogP contribution in [0.3, 0.4) is 0 Å². The molecule has 2 aromatic carbocycles. The van der Waals surface area contributed by atoms with Crippen LogP contribution in [0.5, 0.6) is 0 Å². The summed E-state index contributed by atoms with van der Waals surface area (Å²) in [6, 6.07) is 17.0. The molecule has 0 heterocycles. The van der Waals surface area contributed by atoms with Crippen molar-refractivity contribution in [2.24, 2.45) is 0 Å². The smallest absolute Gasteiger partial charge is 0.0713 e. The molecular weight excluding hydrogens is 282 g/mol. The Bertz CT molecular complexity index is 553. The summed E-state index contributed by atoms with van der Waals surface area (Å²) in [5, 5.41) is 4.34. The third-order valence-electron chi connectivity index (χ3n) is 3.42. The first-order chi connectivity index (χ1) is 10.2. The molecule has 21 heavy (non-hydrogen) atoms. The van der Waals surface area contributed by atoms with Crippen molar-refractivity contribution in [2.75, 3.05) is 7.11 Å². The minimum Gasteiger partial charge on any atom is -0.380 e. The molecule has 2 aromatic rings. The summed E-state index contributed by atoms with van der Waals surface area (Å²) in [4.78, 5) is 0. The van der Waals surface area contributed by atoms with Crippen LogP contribution in [0.1, 0.15) is 23.6 Å². The van der Waals surface area contributed by atoms with Crippen LogP contribution in [0, 0.1) is 0 Å². The fraction of sp³-hybridized carbons (Fsp3) is 0.333. The van der Waals surface area contributed by atoms with Crippen LogP contribution in [-0.2, 0) is 24.3 Å². The highest BCUT2D eigenvalue weighted by atomic mass is 35.5. The second-order valence-electron chi connectivity index (χ2n) is 5.37. The molecule has 112 valence electrons. The number of rotatable bonds is 7. The lowest BCUT2D eigenvalue weighted by Gasteiger charge is -2.14. The maximum Gasteiger partial charge on any atom is 0.0713 e. The molecule has 0 saturated heterocycles. The van der Waals surface area contributed by atoms with E-state index in [-0.39, 0.29) is 0 Å². The zero-order valence-corrected chi connectivity index (χ0v) is 13.4. The molecule has 0 aliphatic heterocycles. The van der Waals surface area contributed by atoms with Gasteiger partial charge in [-0.15, -0.1) is 0 Å². The summed E-state index contributed by atoms with van der Waals surface area (Å²) < 4.78 is 5.12. The fourth-order valence-corrected chi connectivity index (χ4v) is 2.51. The number of ether oxygens (including phenoxy) is 1. The lowest BCUT2D eigenvalue weighted by Crippen LogP contribution is -2.27. The predicted octanol–water partition coefficient (Wildman–Crippen LogP) is 4.21. The van der Waals surface area contributed by atoms with Crippen LogP contribution in [0.2, 0.25) is 5.02 Å². The van der Waals surface area contributed by atoms with Crippen molar-refractivity contribution in [2.45, 2.75) is 32.5 Å². The molecule has 1 unspecified atom stereocenters. The highest BCUT2D eigenvalue weighted by Gasteiger charge is 2.04. The topological polar surface area (TPSA) is 21.3 Å². The Hall–Kier alpha value is -1.35. The number of hydrogen-bond acceptors (Lipinski definition) is 2. The van der Waals surface area contributed by atoms with Gasteiger partial charge in [0.2, 0.25) is 0 Å². The van der Waals surface area contributed by atoms with Crippen molar-refractivity contribution >= 4 is 11.6 Å². The lowest BCUT2D eigenvalue weighted by atomic mass is 10.1. The fourth-order valence-electron chi connectivity index (χ4n) is 2.30. The molecule has 0 radical (unpaired) electrons. The SMILES string of the molecule is COCc1ccc(CNC(C)Cc2cccc(Cl)c2)cc1. The minimum absolute atomic E-state index is 0.405. The van der Waals surface area contributed by atoms with Crippen LogP contribution in [-0.4, -0.2) is 13.2 Å². The average molecular weight is 304 g/mol. The van der Waals surface area contributed by atoms with Gasteiger partial charge in [0.15, 0.2) is 0 Å². The zero-order chi connectivity index (χ0) is 15.1. The molecule has 0 saturated carbocycles. The van der Waals surface area contributed by atoms with E-state index in [1.165, 1.54) is 16.7 Å². The zero-order valence-electron chi connectivity index (χ0n) is 12.6. The summed E-state index contributed by atoms with van der Waals surface area (Å²) in [6.45, 7) is 3.73. The molecule has 3 heteroatoms. The van der Waals surface area contributed by atoms with Crippen LogP contribution < -0.4 is 5.32 Å². The molecule has 1 N–H and O–H groups in total. The summed E-state index contributed by atoms with van der Waals surface area (Å²) in [5.41, 5.74) is 3.75. The van der Waals surface area contributed by atoms with Gasteiger partial charge >= 0.3 is 0 Å². The first-order valence-corrected chi connectivity index (χ1v) is 7.60. The van der Waals surface area contributed by atoms with E-state index >= 15 is 0 Å². The van der Waals surface area contributed by atoms with Gasteiger partial charge in [-0.1, -0.05) is 48.0 Å². The first-order valence-electron chi connectivity index (χ1n) is 7.22. The van der Waals surface area contributed by atoms with Crippen LogP contribution >= 0.6 is 11.6 Å². The van der Waals surface area contributed by atoms with Crippen molar-refractivity contribution in [1.29, 1.82) is 0 Å². The Morgan fingerprint density at radius 3 is 2.43 bits per heavy atom. The third kappa shape index (κ3) is 5.50. The van der Waals surface area contributed by atoms with Crippen molar-refractivity contribution in [3.63, 3.8) is 0 Å². The van der Waals surface area contributed by atoms with Gasteiger partial charge in [-0.05, 0) is 42.2 Å². The van der Waals surface area contributed by atoms with Gasteiger partial charge < -0.3 is 10.1 Å². The maximum atomic E-state index is 6.01. The van der Waals surface area contributed by atoms with Crippen molar-refractivity contribution in [3.05, 3.63) is 70.2 Å². The van der Waals surface area contributed by atoms with E-state index in [0.717, 1.165) is 18.0 Å². The van der Waals surface area contributed by atoms with E-state index in [9.17, 15) is 0 Å². The number of methoxy groups -OCH3 is 1. The summed E-state index contributed by atoms with van der Waals surface area (Å²) in [7, 11) is 1.72. The van der Waals surface area contributed by atoms with E-state index in [1.807, 2.05) is 18.2 Å². The van der Waals surface area contributed by atoms with E-state index in [1.54, 1.807) is 7.11 Å². The normalized spacial score (nSPS) is 12.3. The predicted molar refractivity (Wildman–Crippen MR) is 88.6 cm³/mol. The summed E-state index contributed by atoms with van der Waals surface area (Å²) >= 11 is 6.01. The molecule has 0 spiro atoms. The molecule has 0 aliphatic carbocycles. The Kier molecular flexibility index (Phi) is 6.24. The van der Waals surface area contributed by atoms with Crippen molar-refractivity contribution < 1.29 is 4.74 Å². The Morgan fingerprint density at radius 2 is 1.76 bits per heavy atom. The van der Waals surface area contributed by atoms with E-state index in [4.69, 9.17) is 16.3 Å². The molecule has 0 aromatic heterocycles. The number of halogens is 1. The molecule has 0 amide bonds. The second kappa shape index (κ2) is 8.18. The molecular formula is C18H22ClNO. The van der Waals surface area contributed by atoms with Crippen LogP contribution in [0.25, 0.3) is 0 Å². The standard InChI is InChI=1S/C18H22ClNO/c1-14(10-17-4-3-5-18(19)11-17)20-12-15-6-8-16(9-7-15)13-21-2/h3-9,11,14,20H,10,12-13H2,1-2H3. The van der Waals surface area contributed by atoms with E-state index in [2.05, 4.69) is 42.6 Å². The van der Waals surface area contributed by atoms with Gasteiger partial charge in [0.1, 0.15) is 0 Å². The van der Waals surface area contributed by atoms with Gasteiger partial charge in [-0.2, -0.15) is 0 Å². The first kappa shape index (κ1) is 16.0. The van der Waals surface area contributed by atoms with Gasteiger partial charge in [0.25, 0.3) is 0 Å². The summed E-state index contributed by atoms with van der Waals surface area (Å²) in [5.74, 6) is 0.